The molecule has 2 rings (SSSR count). The summed E-state index contributed by atoms with van der Waals surface area (Å²) < 4.78 is 13.6. The van der Waals surface area contributed by atoms with E-state index in [2.05, 4.69) is 13.8 Å². The van der Waals surface area contributed by atoms with Gasteiger partial charge in [0.15, 0.2) is 0 Å². The highest BCUT2D eigenvalue weighted by atomic mass is 19.1. The van der Waals surface area contributed by atoms with E-state index in [4.69, 9.17) is 0 Å². The molecule has 0 saturated heterocycles. The Morgan fingerprint density at radius 1 is 1.38 bits per heavy atom. The van der Waals surface area contributed by atoms with Gasteiger partial charge in [0.05, 0.1) is 6.10 Å². The lowest BCUT2D eigenvalue weighted by Gasteiger charge is -2.31. The molecule has 2 unspecified atom stereocenters. The predicted molar refractivity (Wildman–Crippen MR) is 62.5 cm³/mol. The molecule has 1 aliphatic carbocycles. The van der Waals surface area contributed by atoms with Crippen LogP contribution in [0.3, 0.4) is 0 Å². The van der Waals surface area contributed by atoms with Crippen molar-refractivity contribution in [1.29, 1.82) is 0 Å². The van der Waals surface area contributed by atoms with Crippen LogP contribution in [0.4, 0.5) is 4.39 Å². The van der Waals surface area contributed by atoms with Gasteiger partial charge in [-0.2, -0.15) is 0 Å². The van der Waals surface area contributed by atoms with E-state index in [0.29, 0.717) is 5.56 Å². The number of halogens is 1. The molecule has 1 fully saturated rings. The molecular formula is C14H19FO. The molecule has 1 aliphatic rings. The van der Waals surface area contributed by atoms with E-state index in [-0.39, 0.29) is 17.2 Å². The molecule has 0 aliphatic heterocycles. The Hall–Kier alpha value is -0.890. The van der Waals surface area contributed by atoms with Gasteiger partial charge in [-0.05, 0) is 30.2 Å². The van der Waals surface area contributed by atoms with Gasteiger partial charge in [0.1, 0.15) is 5.82 Å². The second-order valence-corrected chi connectivity index (χ2v) is 5.45. The average Bonchev–Trinajstić information content (AvgIpc) is 2.58. The molecule has 0 radical (unpaired) electrons. The van der Waals surface area contributed by atoms with Crippen LogP contribution in [0, 0.1) is 17.2 Å². The summed E-state index contributed by atoms with van der Waals surface area (Å²) in [5.74, 6) is -0.123. The number of aliphatic hydroxyl groups is 1. The molecule has 1 aromatic carbocycles. The minimum absolute atomic E-state index is 0.113. The predicted octanol–water partition coefficient (Wildman–Crippen LogP) is 3.69. The molecule has 1 saturated carbocycles. The van der Waals surface area contributed by atoms with Crippen molar-refractivity contribution >= 4 is 0 Å². The first kappa shape index (κ1) is 11.6. The van der Waals surface area contributed by atoms with E-state index >= 15 is 0 Å². The number of aliphatic hydroxyl groups excluding tert-OH is 1. The molecular weight excluding hydrogens is 203 g/mol. The Kier molecular flexibility index (Phi) is 3.02. The van der Waals surface area contributed by atoms with Crippen LogP contribution in [0.15, 0.2) is 24.3 Å². The first-order chi connectivity index (χ1) is 7.52. The Morgan fingerprint density at radius 2 is 2.06 bits per heavy atom. The van der Waals surface area contributed by atoms with Crippen molar-refractivity contribution in [2.75, 3.05) is 0 Å². The van der Waals surface area contributed by atoms with Gasteiger partial charge >= 0.3 is 0 Å². The summed E-state index contributed by atoms with van der Waals surface area (Å²) in [7, 11) is 0. The highest BCUT2D eigenvalue weighted by Gasteiger charge is 2.40. The monoisotopic (exact) mass is 222 g/mol. The van der Waals surface area contributed by atoms with Gasteiger partial charge in [0.25, 0.3) is 0 Å². The molecule has 0 heterocycles. The molecule has 88 valence electrons. The molecule has 1 nitrogen and oxygen atoms in total. The standard InChI is InChI=1S/C14H19FO/c1-14(2)9-5-7-11(14)13(16)10-6-3-4-8-12(10)15/h3-4,6,8,11,13,16H,5,7,9H2,1-2H3. The van der Waals surface area contributed by atoms with Gasteiger partial charge in [0.2, 0.25) is 0 Å². The van der Waals surface area contributed by atoms with Crippen molar-refractivity contribution in [1.82, 2.24) is 0 Å². The van der Waals surface area contributed by atoms with Crippen molar-refractivity contribution in [2.24, 2.45) is 11.3 Å². The molecule has 2 atom stereocenters. The van der Waals surface area contributed by atoms with Gasteiger partial charge in [-0.25, -0.2) is 4.39 Å². The van der Waals surface area contributed by atoms with Gasteiger partial charge < -0.3 is 5.11 Å². The van der Waals surface area contributed by atoms with Crippen molar-refractivity contribution in [3.05, 3.63) is 35.6 Å². The molecule has 0 spiro atoms. The van der Waals surface area contributed by atoms with E-state index in [0.717, 1.165) is 19.3 Å². The highest BCUT2D eigenvalue weighted by Crippen LogP contribution is 2.48. The number of rotatable bonds is 2. The fourth-order valence-corrected chi connectivity index (χ4v) is 2.87. The summed E-state index contributed by atoms with van der Waals surface area (Å²) in [5, 5.41) is 10.3. The Labute approximate surface area is 96.3 Å². The van der Waals surface area contributed by atoms with E-state index in [9.17, 15) is 9.50 Å². The lowest BCUT2D eigenvalue weighted by atomic mass is 9.77. The van der Waals surface area contributed by atoms with Crippen LogP contribution in [-0.2, 0) is 0 Å². The summed E-state index contributed by atoms with van der Waals surface area (Å²) in [6.45, 7) is 4.32. The van der Waals surface area contributed by atoms with Crippen LogP contribution < -0.4 is 0 Å². The SMILES string of the molecule is CC1(C)CCCC1C(O)c1ccccc1F. The van der Waals surface area contributed by atoms with Crippen LogP contribution in [-0.4, -0.2) is 5.11 Å². The fourth-order valence-electron chi connectivity index (χ4n) is 2.87. The van der Waals surface area contributed by atoms with Gasteiger partial charge in [-0.15, -0.1) is 0 Å². The van der Waals surface area contributed by atoms with Crippen LogP contribution in [0.25, 0.3) is 0 Å². The number of hydrogen-bond acceptors (Lipinski definition) is 1. The quantitative estimate of drug-likeness (QED) is 0.809. The minimum Gasteiger partial charge on any atom is -0.388 e. The normalized spacial score (nSPS) is 25.6. The van der Waals surface area contributed by atoms with Gasteiger partial charge in [0, 0.05) is 5.56 Å². The molecule has 0 aromatic heterocycles. The maximum atomic E-state index is 13.6. The minimum atomic E-state index is -0.668. The average molecular weight is 222 g/mol. The summed E-state index contributed by atoms with van der Waals surface area (Å²) in [5.41, 5.74) is 0.560. The first-order valence-electron chi connectivity index (χ1n) is 5.95. The van der Waals surface area contributed by atoms with Crippen LogP contribution in [0.2, 0.25) is 0 Å². The van der Waals surface area contributed by atoms with E-state index in [1.807, 2.05) is 0 Å². The maximum absolute atomic E-state index is 13.6. The summed E-state index contributed by atoms with van der Waals surface area (Å²) in [4.78, 5) is 0. The summed E-state index contributed by atoms with van der Waals surface area (Å²) >= 11 is 0. The number of hydrogen-bond donors (Lipinski definition) is 1. The van der Waals surface area contributed by atoms with E-state index < -0.39 is 6.10 Å². The molecule has 1 aromatic rings. The second kappa shape index (κ2) is 4.17. The zero-order valence-electron chi connectivity index (χ0n) is 9.91. The largest absolute Gasteiger partial charge is 0.388 e. The van der Waals surface area contributed by atoms with Gasteiger partial charge in [-0.3, -0.25) is 0 Å². The van der Waals surface area contributed by atoms with Crippen LogP contribution >= 0.6 is 0 Å². The fraction of sp³-hybridized carbons (Fsp3) is 0.571. The van der Waals surface area contributed by atoms with E-state index in [1.54, 1.807) is 18.2 Å². The summed E-state index contributed by atoms with van der Waals surface area (Å²) in [6, 6.07) is 6.55. The highest BCUT2D eigenvalue weighted by molar-refractivity contribution is 5.21. The Balaban J connectivity index is 2.26. The topological polar surface area (TPSA) is 20.2 Å². The third-order valence-corrected chi connectivity index (χ3v) is 3.95. The number of benzene rings is 1. The lowest BCUT2D eigenvalue weighted by Crippen LogP contribution is -2.24. The Morgan fingerprint density at radius 3 is 2.62 bits per heavy atom. The van der Waals surface area contributed by atoms with E-state index in [1.165, 1.54) is 6.07 Å². The van der Waals surface area contributed by atoms with Gasteiger partial charge in [-0.1, -0.05) is 38.5 Å². The van der Waals surface area contributed by atoms with Crippen molar-refractivity contribution in [2.45, 2.75) is 39.2 Å². The first-order valence-corrected chi connectivity index (χ1v) is 5.95. The van der Waals surface area contributed by atoms with Crippen molar-refractivity contribution in [3.63, 3.8) is 0 Å². The molecule has 2 heteroatoms. The van der Waals surface area contributed by atoms with Crippen LogP contribution in [0.1, 0.15) is 44.8 Å². The second-order valence-electron chi connectivity index (χ2n) is 5.45. The zero-order valence-corrected chi connectivity index (χ0v) is 9.91. The smallest absolute Gasteiger partial charge is 0.129 e. The van der Waals surface area contributed by atoms with Crippen LogP contribution in [0.5, 0.6) is 0 Å². The third-order valence-electron chi connectivity index (χ3n) is 3.95. The molecule has 16 heavy (non-hydrogen) atoms. The summed E-state index contributed by atoms with van der Waals surface area (Å²) in [6.07, 6.45) is 2.56. The zero-order chi connectivity index (χ0) is 11.8. The maximum Gasteiger partial charge on any atom is 0.129 e. The van der Waals surface area contributed by atoms with Crippen molar-refractivity contribution < 1.29 is 9.50 Å². The molecule has 0 bridgehead atoms. The molecule has 0 amide bonds. The third kappa shape index (κ3) is 1.99. The molecule has 1 N–H and O–H groups in total. The van der Waals surface area contributed by atoms with Crippen molar-refractivity contribution in [3.8, 4) is 0 Å². The lowest BCUT2D eigenvalue weighted by molar-refractivity contribution is 0.0505. The Bertz CT molecular complexity index is 373.